The SMILES string of the molecule is CC(CNC(=O)NC(C)(C(=O)O)C1CC1)N1CCCCC1. The van der Waals surface area contributed by atoms with Crippen molar-refractivity contribution in [2.24, 2.45) is 5.92 Å². The van der Waals surface area contributed by atoms with Crippen molar-refractivity contribution in [3.63, 3.8) is 0 Å². The van der Waals surface area contributed by atoms with Crippen molar-refractivity contribution < 1.29 is 14.7 Å². The van der Waals surface area contributed by atoms with Crippen molar-refractivity contribution in [3.8, 4) is 0 Å². The third-order valence-corrected chi connectivity index (χ3v) is 4.78. The molecule has 2 amide bonds. The number of hydrogen-bond acceptors (Lipinski definition) is 3. The second-order valence-electron chi connectivity index (χ2n) is 6.56. The van der Waals surface area contributed by atoms with E-state index in [-0.39, 0.29) is 18.0 Å². The number of amides is 2. The Morgan fingerprint density at radius 2 is 1.90 bits per heavy atom. The first-order valence-corrected chi connectivity index (χ1v) is 7.97. The van der Waals surface area contributed by atoms with Crippen LogP contribution in [0.1, 0.15) is 46.0 Å². The van der Waals surface area contributed by atoms with Crippen LogP contribution < -0.4 is 10.6 Å². The summed E-state index contributed by atoms with van der Waals surface area (Å²) in [6, 6.07) is -0.0938. The van der Waals surface area contributed by atoms with Crippen LogP contribution in [0.5, 0.6) is 0 Å². The normalized spacial score (nSPS) is 23.9. The van der Waals surface area contributed by atoms with E-state index in [0.717, 1.165) is 25.9 Å². The number of carboxylic acids is 1. The predicted octanol–water partition coefficient (Wildman–Crippen LogP) is 1.41. The highest BCUT2D eigenvalue weighted by molar-refractivity contribution is 5.86. The Morgan fingerprint density at radius 3 is 2.43 bits per heavy atom. The summed E-state index contributed by atoms with van der Waals surface area (Å²) in [5, 5.41) is 14.8. The smallest absolute Gasteiger partial charge is 0.329 e. The number of aliphatic carboxylic acids is 1. The zero-order valence-corrected chi connectivity index (χ0v) is 13.0. The molecule has 0 aromatic rings. The van der Waals surface area contributed by atoms with Crippen LogP contribution in [0.25, 0.3) is 0 Å². The molecule has 1 heterocycles. The van der Waals surface area contributed by atoms with Gasteiger partial charge in [-0.1, -0.05) is 6.42 Å². The van der Waals surface area contributed by atoms with Crippen molar-refractivity contribution in [1.29, 1.82) is 0 Å². The minimum absolute atomic E-state index is 0.0558. The second-order valence-corrected chi connectivity index (χ2v) is 6.56. The molecule has 2 atom stereocenters. The van der Waals surface area contributed by atoms with E-state index < -0.39 is 11.5 Å². The molecular weight excluding hydrogens is 270 g/mol. The van der Waals surface area contributed by atoms with E-state index in [9.17, 15) is 14.7 Å². The van der Waals surface area contributed by atoms with Crippen LogP contribution in [0.15, 0.2) is 0 Å². The highest BCUT2D eigenvalue weighted by Crippen LogP contribution is 2.39. The summed E-state index contributed by atoms with van der Waals surface area (Å²) in [6.07, 6.45) is 5.46. The topological polar surface area (TPSA) is 81.7 Å². The zero-order chi connectivity index (χ0) is 15.5. The van der Waals surface area contributed by atoms with Gasteiger partial charge in [-0.15, -0.1) is 0 Å². The number of nitrogens with one attached hydrogen (secondary N) is 2. The highest BCUT2D eigenvalue weighted by Gasteiger charge is 2.48. The molecule has 2 aliphatic rings. The minimum atomic E-state index is -1.14. The van der Waals surface area contributed by atoms with Gasteiger partial charge in [-0.05, 0) is 58.5 Å². The maximum absolute atomic E-state index is 12.0. The Labute approximate surface area is 126 Å². The number of hydrogen-bond donors (Lipinski definition) is 3. The molecule has 0 radical (unpaired) electrons. The van der Waals surface area contributed by atoms with Gasteiger partial charge in [0.05, 0.1) is 0 Å². The van der Waals surface area contributed by atoms with Crippen LogP contribution in [0.3, 0.4) is 0 Å². The van der Waals surface area contributed by atoms with Gasteiger partial charge in [-0.2, -0.15) is 0 Å². The number of piperidine rings is 1. The molecule has 0 spiro atoms. The lowest BCUT2D eigenvalue weighted by Gasteiger charge is -2.33. The van der Waals surface area contributed by atoms with E-state index in [1.807, 2.05) is 0 Å². The van der Waals surface area contributed by atoms with Crippen molar-refractivity contribution in [2.45, 2.75) is 57.5 Å². The lowest BCUT2D eigenvalue weighted by Crippen LogP contribution is -2.58. The maximum Gasteiger partial charge on any atom is 0.329 e. The predicted molar refractivity (Wildman–Crippen MR) is 80.2 cm³/mol. The molecule has 21 heavy (non-hydrogen) atoms. The molecule has 2 rings (SSSR count). The molecule has 120 valence electrons. The number of carbonyl (C=O) groups excluding carboxylic acids is 1. The summed E-state index contributed by atoms with van der Waals surface area (Å²) in [5.74, 6) is -0.899. The first-order valence-electron chi connectivity index (χ1n) is 7.97. The van der Waals surface area contributed by atoms with E-state index >= 15 is 0 Å². The molecule has 3 N–H and O–H groups in total. The fourth-order valence-corrected chi connectivity index (χ4v) is 3.00. The molecule has 0 aromatic carbocycles. The summed E-state index contributed by atoms with van der Waals surface area (Å²) in [7, 11) is 0. The van der Waals surface area contributed by atoms with E-state index in [1.54, 1.807) is 6.92 Å². The van der Waals surface area contributed by atoms with Crippen LogP contribution >= 0.6 is 0 Å². The third kappa shape index (κ3) is 4.09. The van der Waals surface area contributed by atoms with Gasteiger partial charge in [0.25, 0.3) is 0 Å². The van der Waals surface area contributed by atoms with Crippen LogP contribution in [0.4, 0.5) is 4.79 Å². The maximum atomic E-state index is 12.0. The van der Waals surface area contributed by atoms with Gasteiger partial charge in [-0.25, -0.2) is 9.59 Å². The zero-order valence-electron chi connectivity index (χ0n) is 13.0. The number of urea groups is 1. The molecule has 0 bridgehead atoms. The van der Waals surface area contributed by atoms with Crippen molar-refractivity contribution >= 4 is 12.0 Å². The van der Waals surface area contributed by atoms with Crippen LogP contribution in [0.2, 0.25) is 0 Å². The monoisotopic (exact) mass is 297 g/mol. The van der Waals surface area contributed by atoms with E-state index in [2.05, 4.69) is 22.5 Å². The molecule has 6 nitrogen and oxygen atoms in total. The molecule has 0 aromatic heterocycles. The van der Waals surface area contributed by atoms with E-state index in [1.165, 1.54) is 19.3 Å². The number of rotatable bonds is 6. The number of likely N-dealkylation sites (tertiary alicyclic amines) is 1. The van der Waals surface area contributed by atoms with Gasteiger partial charge in [0, 0.05) is 12.6 Å². The molecule has 1 aliphatic heterocycles. The lowest BCUT2D eigenvalue weighted by molar-refractivity contribution is -0.144. The molecule has 1 saturated heterocycles. The van der Waals surface area contributed by atoms with Crippen molar-refractivity contribution in [3.05, 3.63) is 0 Å². The highest BCUT2D eigenvalue weighted by atomic mass is 16.4. The fourth-order valence-electron chi connectivity index (χ4n) is 3.00. The van der Waals surface area contributed by atoms with Gasteiger partial charge >= 0.3 is 12.0 Å². The molecule has 2 fully saturated rings. The third-order valence-electron chi connectivity index (χ3n) is 4.78. The summed E-state index contributed by atoms with van der Waals surface area (Å²) in [6.45, 7) is 6.41. The average molecular weight is 297 g/mol. The van der Waals surface area contributed by atoms with E-state index in [0.29, 0.717) is 6.54 Å². The number of carboxylic acid groups (broad SMARTS) is 1. The Balaban J connectivity index is 1.77. The van der Waals surface area contributed by atoms with Gasteiger partial charge < -0.3 is 15.7 Å². The quantitative estimate of drug-likeness (QED) is 0.692. The van der Waals surface area contributed by atoms with Crippen LogP contribution in [-0.2, 0) is 4.79 Å². The molecule has 2 unspecified atom stereocenters. The van der Waals surface area contributed by atoms with Crippen molar-refractivity contribution in [1.82, 2.24) is 15.5 Å². The van der Waals surface area contributed by atoms with Gasteiger partial charge in [0.15, 0.2) is 0 Å². The Morgan fingerprint density at radius 1 is 1.29 bits per heavy atom. The Kier molecular flexibility index (Phi) is 5.08. The largest absolute Gasteiger partial charge is 0.480 e. The van der Waals surface area contributed by atoms with Crippen LogP contribution in [-0.4, -0.2) is 53.2 Å². The second kappa shape index (κ2) is 6.64. The summed E-state index contributed by atoms with van der Waals surface area (Å²) < 4.78 is 0. The van der Waals surface area contributed by atoms with Crippen molar-refractivity contribution in [2.75, 3.05) is 19.6 Å². The Bertz CT molecular complexity index is 392. The molecule has 1 aliphatic carbocycles. The number of nitrogens with zero attached hydrogens (tertiary/aromatic N) is 1. The number of carbonyl (C=O) groups is 2. The summed E-state index contributed by atoms with van der Waals surface area (Å²) in [4.78, 5) is 25.7. The molecule has 6 heteroatoms. The van der Waals surface area contributed by atoms with Crippen LogP contribution in [0, 0.1) is 5.92 Å². The van der Waals surface area contributed by atoms with Gasteiger partial charge in [-0.3, -0.25) is 4.90 Å². The molecular formula is C15H27N3O3. The lowest BCUT2D eigenvalue weighted by atomic mass is 9.96. The molecule has 1 saturated carbocycles. The summed E-state index contributed by atoms with van der Waals surface area (Å²) >= 11 is 0. The fraction of sp³-hybridized carbons (Fsp3) is 0.867. The van der Waals surface area contributed by atoms with Gasteiger partial charge in [0.2, 0.25) is 0 Å². The standard InChI is InChI=1S/C15H27N3O3/c1-11(18-8-4-3-5-9-18)10-16-14(21)17-15(2,13(19)20)12-6-7-12/h11-12H,3-10H2,1-2H3,(H,19,20)(H2,16,17,21). The average Bonchev–Trinajstić information content (AvgIpc) is 3.30. The van der Waals surface area contributed by atoms with E-state index in [4.69, 9.17) is 0 Å². The minimum Gasteiger partial charge on any atom is -0.480 e. The van der Waals surface area contributed by atoms with Gasteiger partial charge in [0.1, 0.15) is 5.54 Å². The summed E-state index contributed by atoms with van der Waals surface area (Å²) in [5.41, 5.74) is -1.14. The Hall–Kier alpha value is -1.30. The first kappa shape index (κ1) is 16.1. The first-order chi connectivity index (χ1) is 9.93.